The summed E-state index contributed by atoms with van der Waals surface area (Å²) >= 11 is 5.96. The zero-order valence-corrected chi connectivity index (χ0v) is 12.5. The van der Waals surface area contributed by atoms with Gasteiger partial charge in [0.2, 0.25) is 15.9 Å². The molecule has 110 valence electrons. The van der Waals surface area contributed by atoms with Gasteiger partial charge < -0.3 is 10.6 Å². The summed E-state index contributed by atoms with van der Waals surface area (Å²) in [5, 5.41) is 5.63. The molecule has 7 nitrogen and oxygen atoms in total. The third kappa shape index (κ3) is 3.02. The highest BCUT2D eigenvalue weighted by atomic mass is 35.5. The summed E-state index contributed by atoms with van der Waals surface area (Å²) in [5.74, 6) is 0.266. The fourth-order valence-electron chi connectivity index (χ4n) is 1.88. The van der Waals surface area contributed by atoms with E-state index in [-0.39, 0.29) is 35.3 Å². The average molecular weight is 319 g/mol. The second kappa shape index (κ2) is 5.94. The van der Waals surface area contributed by atoms with Crippen molar-refractivity contribution in [2.24, 2.45) is 0 Å². The SMILES string of the molecule is CNc1ncc(S(=O)(=O)N2CCNC(=O)CC2)cc1Cl. The van der Waals surface area contributed by atoms with Gasteiger partial charge in [0.25, 0.3) is 0 Å². The lowest BCUT2D eigenvalue weighted by atomic mass is 10.4. The molecule has 0 atom stereocenters. The monoisotopic (exact) mass is 318 g/mol. The van der Waals surface area contributed by atoms with E-state index in [1.807, 2.05) is 0 Å². The summed E-state index contributed by atoms with van der Waals surface area (Å²) in [4.78, 5) is 15.2. The summed E-state index contributed by atoms with van der Waals surface area (Å²) in [6.07, 6.45) is 1.40. The number of nitrogens with zero attached hydrogens (tertiary/aromatic N) is 2. The first-order valence-corrected chi connectivity index (χ1v) is 7.87. The second-order valence-electron chi connectivity index (χ2n) is 4.26. The zero-order chi connectivity index (χ0) is 14.8. The normalized spacial score (nSPS) is 17.4. The standard InChI is InChI=1S/C11H15ClN4O3S/c1-13-11-9(12)6-8(7-15-11)20(18,19)16-4-2-10(17)14-3-5-16/h6-7H,2-5H2,1H3,(H,13,15)(H,14,17). The summed E-state index contributed by atoms with van der Waals surface area (Å²) in [6.45, 7) is 0.687. The van der Waals surface area contributed by atoms with Crippen LogP contribution in [0.4, 0.5) is 5.82 Å². The van der Waals surface area contributed by atoms with Gasteiger partial charge >= 0.3 is 0 Å². The van der Waals surface area contributed by atoms with Crippen LogP contribution in [0.25, 0.3) is 0 Å². The molecule has 1 saturated heterocycles. The first-order chi connectivity index (χ1) is 9.45. The first kappa shape index (κ1) is 15.0. The lowest BCUT2D eigenvalue weighted by Crippen LogP contribution is -2.34. The maximum absolute atomic E-state index is 12.5. The molecule has 2 rings (SSSR count). The van der Waals surface area contributed by atoms with Gasteiger partial charge in [-0.15, -0.1) is 0 Å². The number of amides is 1. The summed E-state index contributed by atoms with van der Waals surface area (Å²) in [7, 11) is -2.04. The Morgan fingerprint density at radius 1 is 1.45 bits per heavy atom. The number of halogens is 1. The highest BCUT2D eigenvalue weighted by Gasteiger charge is 2.27. The molecule has 0 unspecified atom stereocenters. The molecule has 0 aromatic carbocycles. The zero-order valence-electron chi connectivity index (χ0n) is 10.9. The molecule has 1 aliphatic heterocycles. The number of hydrogen-bond acceptors (Lipinski definition) is 5. The molecule has 9 heteroatoms. The van der Waals surface area contributed by atoms with Crippen molar-refractivity contribution in [3.05, 3.63) is 17.3 Å². The smallest absolute Gasteiger partial charge is 0.244 e. The van der Waals surface area contributed by atoms with Gasteiger partial charge in [0.1, 0.15) is 10.7 Å². The third-order valence-corrected chi connectivity index (χ3v) is 5.11. The maximum atomic E-state index is 12.5. The Morgan fingerprint density at radius 2 is 2.20 bits per heavy atom. The van der Waals surface area contributed by atoms with Crippen LogP contribution in [0.3, 0.4) is 0 Å². The van der Waals surface area contributed by atoms with E-state index in [0.29, 0.717) is 12.4 Å². The van der Waals surface area contributed by atoms with Gasteiger partial charge in [-0.3, -0.25) is 4.79 Å². The topological polar surface area (TPSA) is 91.4 Å². The van der Waals surface area contributed by atoms with E-state index in [1.165, 1.54) is 16.6 Å². The van der Waals surface area contributed by atoms with Crippen LogP contribution < -0.4 is 10.6 Å². The molecule has 1 amide bonds. The van der Waals surface area contributed by atoms with Crippen LogP contribution in [0.15, 0.2) is 17.2 Å². The third-order valence-electron chi connectivity index (χ3n) is 2.96. The quantitative estimate of drug-likeness (QED) is 0.835. The van der Waals surface area contributed by atoms with Gasteiger partial charge in [-0.05, 0) is 6.07 Å². The Kier molecular flexibility index (Phi) is 4.46. The molecule has 1 aromatic heterocycles. The highest BCUT2D eigenvalue weighted by Crippen LogP contribution is 2.24. The molecule has 1 aliphatic rings. The highest BCUT2D eigenvalue weighted by molar-refractivity contribution is 7.89. The van der Waals surface area contributed by atoms with E-state index >= 15 is 0 Å². The van der Waals surface area contributed by atoms with Gasteiger partial charge in [-0.2, -0.15) is 4.31 Å². The van der Waals surface area contributed by atoms with Crippen LogP contribution in [0.5, 0.6) is 0 Å². The fourth-order valence-corrected chi connectivity index (χ4v) is 3.62. The molecular weight excluding hydrogens is 304 g/mol. The number of nitrogens with one attached hydrogen (secondary N) is 2. The Labute approximate surface area is 122 Å². The van der Waals surface area contributed by atoms with E-state index in [0.717, 1.165) is 0 Å². The molecule has 2 heterocycles. The number of aromatic nitrogens is 1. The number of anilines is 1. The van der Waals surface area contributed by atoms with Gasteiger partial charge in [0.15, 0.2) is 0 Å². The predicted molar refractivity (Wildman–Crippen MR) is 75.2 cm³/mol. The number of pyridine rings is 1. The van der Waals surface area contributed by atoms with E-state index in [9.17, 15) is 13.2 Å². The maximum Gasteiger partial charge on any atom is 0.244 e. The Hall–Kier alpha value is -1.38. The van der Waals surface area contributed by atoms with Crippen LogP contribution in [0.2, 0.25) is 5.02 Å². The molecule has 2 N–H and O–H groups in total. The molecule has 0 saturated carbocycles. The van der Waals surface area contributed by atoms with Crippen molar-refractivity contribution in [1.82, 2.24) is 14.6 Å². The van der Waals surface area contributed by atoms with Crippen LogP contribution in [0.1, 0.15) is 6.42 Å². The second-order valence-corrected chi connectivity index (χ2v) is 6.60. The largest absolute Gasteiger partial charge is 0.372 e. The van der Waals surface area contributed by atoms with Gasteiger partial charge in [0.05, 0.1) is 5.02 Å². The molecule has 1 aromatic rings. The Morgan fingerprint density at radius 3 is 2.85 bits per heavy atom. The van der Waals surface area contributed by atoms with Gasteiger partial charge in [0, 0.05) is 39.3 Å². The summed E-state index contributed by atoms with van der Waals surface area (Å²) < 4.78 is 26.2. The van der Waals surface area contributed by atoms with Gasteiger partial charge in [-0.25, -0.2) is 13.4 Å². The Balaban J connectivity index is 2.29. The Bertz CT molecular complexity index is 620. The van der Waals surface area contributed by atoms with E-state index in [2.05, 4.69) is 15.6 Å². The lowest BCUT2D eigenvalue weighted by molar-refractivity contribution is -0.120. The van der Waals surface area contributed by atoms with Crippen LogP contribution >= 0.6 is 11.6 Å². The molecule has 0 bridgehead atoms. The number of carbonyl (C=O) groups excluding carboxylic acids is 1. The first-order valence-electron chi connectivity index (χ1n) is 6.05. The number of rotatable bonds is 3. The lowest BCUT2D eigenvalue weighted by Gasteiger charge is -2.19. The number of sulfonamides is 1. The average Bonchev–Trinajstić information content (AvgIpc) is 2.63. The molecule has 0 aliphatic carbocycles. The van der Waals surface area contributed by atoms with Crippen LogP contribution in [-0.4, -0.2) is 50.3 Å². The number of carbonyl (C=O) groups is 1. The molecule has 20 heavy (non-hydrogen) atoms. The van der Waals surface area contributed by atoms with Crippen molar-refractivity contribution in [2.45, 2.75) is 11.3 Å². The minimum Gasteiger partial charge on any atom is -0.372 e. The van der Waals surface area contributed by atoms with E-state index in [4.69, 9.17) is 11.6 Å². The number of hydrogen-bond donors (Lipinski definition) is 2. The van der Waals surface area contributed by atoms with Crippen molar-refractivity contribution in [2.75, 3.05) is 32.0 Å². The van der Waals surface area contributed by atoms with Gasteiger partial charge in [-0.1, -0.05) is 11.6 Å². The minimum absolute atomic E-state index is 0.0239. The molecular formula is C11H15ClN4O3S. The van der Waals surface area contributed by atoms with Crippen molar-refractivity contribution in [3.63, 3.8) is 0 Å². The summed E-state index contributed by atoms with van der Waals surface area (Å²) in [6, 6.07) is 1.36. The van der Waals surface area contributed by atoms with Crippen molar-refractivity contribution in [3.8, 4) is 0 Å². The fraction of sp³-hybridized carbons (Fsp3) is 0.455. The molecule has 0 radical (unpaired) electrons. The minimum atomic E-state index is -3.69. The summed E-state index contributed by atoms with van der Waals surface area (Å²) in [5.41, 5.74) is 0. The molecule has 0 spiro atoms. The van der Waals surface area contributed by atoms with Crippen molar-refractivity contribution >= 4 is 33.3 Å². The molecule has 1 fully saturated rings. The van der Waals surface area contributed by atoms with E-state index < -0.39 is 10.0 Å². The van der Waals surface area contributed by atoms with Crippen molar-refractivity contribution in [1.29, 1.82) is 0 Å². The van der Waals surface area contributed by atoms with Crippen molar-refractivity contribution < 1.29 is 13.2 Å². The van der Waals surface area contributed by atoms with Crippen LogP contribution in [0, 0.1) is 0 Å². The van der Waals surface area contributed by atoms with Crippen LogP contribution in [-0.2, 0) is 14.8 Å². The van der Waals surface area contributed by atoms with E-state index in [1.54, 1.807) is 7.05 Å². The predicted octanol–water partition coefficient (Wildman–Crippen LogP) is 0.287.